The number of nitrogens with zero attached hydrogens (tertiary/aromatic N) is 1. The Hall–Kier alpha value is -1.63. The summed E-state index contributed by atoms with van der Waals surface area (Å²) in [5.41, 5.74) is 1.36. The third-order valence-corrected chi connectivity index (χ3v) is 7.90. The molecular weight excluding hydrogens is 485 g/mol. The number of benzene rings is 2. The summed E-state index contributed by atoms with van der Waals surface area (Å²) in [5.74, 6) is -0.660. The molecule has 2 fully saturated rings. The number of aliphatic hydroxyl groups excluding tert-OH is 1. The van der Waals surface area contributed by atoms with Crippen LogP contribution < -0.4 is 0 Å². The molecule has 2 aliphatic rings. The van der Waals surface area contributed by atoms with Gasteiger partial charge in [0.2, 0.25) is 5.91 Å². The lowest BCUT2D eigenvalue weighted by Crippen LogP contribution is -2.57. The molecule has 5 atom stereocenters. The van der Waals surface area contributed by atoms with Crippen molar-refractivity contribution in [3.05, 3.63) is 69.7 Å². The van der Waals surface area contributed by atoms with Crippen molar-refractivity contribution >= 4 is 29.1 Å². The fourth-order valence-electron chi connectivity index (χ4n) is 5.75. The van der Waals surface area contributed by atoms with Crippen LogP contribution >= 0.6 is 23.2 Å². The first-order valence-corrected chi connectivity index (χ1v) is 13.1. The van der Waals surface area contributed by atoms with Crippen LogP contribution in [0.25, 0.3) is 0 Å². The van der Waals surface area contributed by atoms with Crippen LogP contribution in [0.3, 0.4) is 0 Å². The van der Waals surface area contributed by atoms with Crippen LogP contribution in [0.2, 0.25) is 10.0 Å². The molecule has 2 saturated heterocycles. The molecule has 4 rings (SSSR count). The maximum absolute atomic E-state index is 14.3. The van der Waals surface area contributed by atoms with Crippen LogP contribution in [0.4, 0.5) is 0 Å². The zero-order valence-corrected chi connectivity index (χ0v) is 22.4. The van der Waals surface area contributed by atoms with Gasteiger partial charge in [-0.15, -0.1) is 0 Å². The molecule has 0 bridgehead atoms. The number of aliphatic hydroxyl groups is 1. The number of piperidine rings is 1. The van der Waals surface area contributed by atoms with Crippen molar-refractivity contribution in [2.24, 2.45) is 5.41 Å². The summed E-state index contributed by atoms with van der Waals surface area (Å²) in [7, 11) is 0. The number of hydrogen-bond acceptors (Lipinski definition) is 4. The highest BCUT2D eigenvalue weighted by Crippen LogP contribution is 2.53. The van der Waals surface area contributed by atoms with E-state index in [0.717, 1.165) is 11.1 Å². The molecule has 2 aromatic carbocycles. The fraction of sp³-hybridized carbons (Fsp3) is 0.536. The molecule has 0 radical (unpaired) electrons. The minimum atomic E-state index is -0.701. The topological polar surface area (TPSA) is 59.0 Å². The number of carbonyl (C=O) groups excluding carboxylic acids is 1. The second-order valence-corrected chi connectivity index (χ2v) is 11.4. The molecule has 1 amide bonds. The highest BCUT2D eigenvalue weighted by Gasteiger charge is 2.53. The lowest BCUT2D eigenvalue weighted by Gasteiger charge is -2.52. The van der Waals surface area contributed by atoms with Crippen LogP contribution in [0, 0.1) is 5.41 Å². The molecule has 0 spiro atoms. The number of halogens is 2. The van der Waals surface area contributed by atoms with Gasteiger partial charge < -0.3 is 19.5 Å². The van der Waals surface area contributed by atoms with Gasteiger partial charge in [-0.05, 0) is 68.5 Å². The van der Waals surface area contributed by atoms with Gasteiger partial charge in [-0.3, -0.25) is 4.79 Å². The molecule has 2 aromatic rings. The smallest absolute Gasteiger partial charge is 0.229 e. The highest BCUT2D eigenvalue weighted by molar-refractivity contribution is 6.30. The van der Waals surface area contributed by atoms with Gasteiger partial charge in [-0.1, -0.05) is 61.3 Å². The van der Waals surface area contributed by atoms with Gasteiger partial charge in [0.15, 0.2) is 5.79 Å². The quantitative estimate of drug-likeness (QED) is 0.461. The van der Waals surface area contributed by atoms with Crippen molar-refractivity contribution in [1.29, 1.82) is 0 Å². The average Bonchev–Trinajstić information content (AvgIpc) is 3.15. The molecule has 7 heteroatoms. The zero-order valence-electron chi connectivity index (χ0n) is 20.8. The lowest BCUT2D eigenvalue weighted by atomic mass is 9.66. The molecule has 0 aliphatic carbocycles. The van der Waals surface area contributed by atoms with Crippen LogP contribution in [0.1, 0.15) is 70.0 Å². The fourth-order valence-corrected chi connectivity index (χ4v) is 6.07. The molecule has 5 nitrogen and oxygen atoms in total. The first-order valence-electron chi connectivity index (χ1n) is 12.3. The maximum atomic E-state index is 14.3. The molecular formula is C28H35Cl2NO4. The Labute approximate surface area is 218 Å². The summed E-state index contributed by atoms with van der Waals surface area (Å²) in [6, 6.07) is 15.0. The predicted molar refractivity (Wildman–Crippen MR) is 139 cm³/mol. The van der Waals surface area contributed by atoms with E-state index >= 15 is 0 Å². The van der Waals surface area contributed by atoms with Gasteiger partial charge in [-0.25, -0.2) is 0 Å². The number of carbonyl (C=O) groups is 1. The maximum Gasteiger partial charge on any atom is 0.229 e. The summed E-state index contributed by atoms with van der Waals surface area (Å²) in [6.07, 6.45) is 1.62. The van der Waals surface area contributed by atoms with E-state index in [2.05, 4.69) is 6.07 Å². The zero-order chi connectivity index (χ0) is 25.4. The predicted octanol–water partition coefficient (Wildman–Crippen LogP) is 6.37. The minimum Gasteiger partial charge on any atom is -0.394 e. The number of rotatable bonds is 7. The summed E-state index contributed by atoms with van der Waals surface area (Å²) in [6.45, 7) is 8.17. The van der Waals surface area contributed by atoms with Crippen molar-refractivity contribution < 1.29 is 19.4 Å². The van der Waals surface area contributed by atoms with Crippen molar-refractivity contribution in [3.8, 4) is 0 Å². The van der Waals surface area contributed by atoms with Crippen LogP contribution in [0.15, 0.2) is 48.5 Å². The van der Waals surface area contributed by atoms with Gasteiger partial charge in [0.1, 0.15) is 0 Å². The number of amides is 1. The van der Waals surface area contributed by atoms with Crippen LogP contribution in [0.5, 0.6) is 0 Å². The summed E-state index contributed by atoms with van der Waals surface area (Å²) < 4.78 is 11.9. The largest absolute Gasteiger partial charge is 0.394 e. The minimum absolute atomic E-state index is 0.0323. The third-order valence-electron chi connectivity index (χ3n) is 7.41. The van der Waals surface area contributed by atoms with Crippen molar-refractivity contribution in [3.63, 3.8) is 0 Å². The Kier molecular flexibility index (Phi) is 7.85. The standard InChI is InChI=1S/C28H35Cl2NO4/c1-5-22(16-32)31-25(18-9-11-20(29)12-10-18)24(19-7-6-8-21(30)13-19)15-28(4,26(31)33)14-23-17-34-27(2,3)35-23/h6-13,22-25,32H,5,14-17H2,1-4H3/t22?,23-,24+,25+,28-/m0/s1. The monoisotopic (exact) mass is 519 g/mol. The molecule has 0 saturated carbocycles. The van der Waals surface area contributed by atoms with E-state index in [4.69, 9.17) is 32.7 Å². The van der Waals surface area contributed by atoms with Gasteiger partial charge in [0.25, 0.3) is 0 Å². The third kappa shape index (κ3) is 5.55. The summed E-state index contributed by atoms with van der Waals surface area (Å²) in [4.78, 5) is 16.2. The van der Waals surface area contributed by atoms with Gasteiger partial charge in [-0.2, -0.15) is 0 Å². The summed E-state index contributed by atoms with van der Waals surface area (Å²) >= 11 is 12.6. The number of ether oxygens (including phenoxy) is 2. The second-order valence-electron chi connectivity index (χ2n) is 10.5. The normalized spacial score (nSPS) is 29.4. The highest BCUT2D eigenvalue weighted by atomic mass is 35.5. The van der Waals surface area contributed by atoms with Crippen molar-refractivity contribution in [2.75, 3.05) is 13.2 Å². The molecule has 190 valence electrons. The van der Waals surface area contributed by atoms with E-state index in [1.807, 2.05) is 75.1 Å². The lowest BCUT2D eigenvalue weighted by molar-refractivity contribution is -0.164. The van der Waals surface area contributed by atoms with Gasteiger partial charge in [0, 0.05) is 21.4 Å². The Morgan fingerprint density at radius 1 is 1.09 bits per heavy atom. The van der Waals surface area contributed by atoms with Crippen molar-refractivity contribution in [1.82, 2.24) is 4.90 Å². The van der Waals surface area contributed by atoms with E-state index < -0.39 is 11.2 Å². The van der Waals surface area contributed by atoms with E-state index in [1.54, 1.807) is 0 Å². The molecule has 1 unspecified atom stereocenters. The van der Waals surface area contributed by atoms with E-state index in [1.165, 1.54) is 0 Å². The van der Waals surface area contributed by atoms with Gasteiger partial charge in [0.05, 0.1) is 31.4 Å². The van der Waals surface area contributed by atoms with E-state index in [-0.39, 0.29) is 36.6 Å². The molecule has 1 N–H and O–H groups in total. The first-order chi connectivity index (χ1) is 16.6. The van der Waals surface area contributed by atoms with Gasteiger partial charge >= 0.3 is 0 Å². The molecule has 2 heterocycles. The summed E-state index contributed by atoms with van der Waals surface area (Å²) in [5, 5.41) is 11.6. The molecule has 35 heavy (non-hydrogen) atoms. The number of likely N-dealkylation sites (tertiary alicyclic amines) is 1. The Bertz CT molecular complexity index is 1040. The number of hydrogen-bond donors (Lipinski definition) is 1. The van der Waals surface area contributed by atoms with Crippen LogP contribution in [-0.4, -0.2) is 47.1 Å². The Balaban J connectivity index is 1.82. The average molecular weight is 520 g/mol. The van der Waals surface area contributed by atoms with Crippen LogP contribution in [-0.2, 0) is 14.3 Å². The van der Waals surface area contributed by atoms with E-state index in [9.17, 15) is 9.90 Å². The molecule has 2 aliphatic heterocycles. The molecule has 0 aromatic heterocycles. The van der Waals surface area contributed by atoms with Crippen molar-refractivity contribution in [2.45, 2.75) is 76.9 Å². The van der Waals surface area contributed by atoms with E-state index in [0.29, 0.717) is 35.9 Å². The SMILES string of the molecule is CCC(CO)N1C(=O)[C@@](C)(C[C@H]2COC(C)(C)O2)C[C@H](c2cccc(Cl)c2)[C@H]1c1ccc(Cl)cc1. The Morgan fingerprint density at radius 3 is 2.37 bits per heavy atom. The second kappa shape index (κ2) is 10.4. The Morgan fingerprint density at radius 2 is 1.80 bits per heavy atom. The first kappa shape index (κ1) is 26.4.